The van der Waals surface area contributed by atoms with Crippen molar-refractivity contribution in [3.63, 3.8) is 0 Å². The molecule has 8 heteroatoms. The van der Waals surface area contributed by atoms with E-state index in [2.05, 4.69) is 10.3 Å². The van der Waals surface area contributed by atoms with Crippen molar-refractivity contribution in [1.29, 1.82) is 0 Å². The number of hydrogen-bond donors (Lipinski definition) is 2. The normalized spacial score (nSPS) is 10.6. The van der Waals surface area contributed by atoms with Gasteiger partial charge in [-0.3, -0.25) is 19.4 Å². The largest absolute Gasteiger partial charge is 0.481 e. The number of hydrogen-bond acceptors (Lipinski definition) is 5. The van der Waals surface area contributed by atoms with Gasteiger partial charge in [0.2, 0.25) is 0 Å². The standard InChI is InChI=1S/C29H27N3O4S/c33-27(34)15-18-32(17-14-21-8-5-6-16-30-21)29(36)26-13-4-2-11-24(26)23-10-1-3-12-25(23)28(35)31-20-22-9-7-19-37-22/h1-13,16,19H,14-15,17-18,20H2,(H,31,35)(H,33,34). The Hall–Kier alpha value is -4.30. The van der Waals surface area contributed by atoms with E-state index in [4.69, 9.17) is 0 Å². The van der Waals surface area contributed by atoms with Gasteiger partial charge in [-0.2, -0.15) is 0 Å². The van der Waals surface area contributed by atoms with Gasteiger partial charge in [0.15, 0.2) is 0 Å². The minimum atomic E-state index is -0.975. The fourth-order valence-electron chi connectivity index (χ4n) is 4.01. The van der Waals surface area contributed by atoms with Gasteiger partial charge in [-0.1, -0.05) is 48.5 Å². The van der Waals surface area contributed by atoms with Crippen molar-refractivity contribution in [2.45, 2.75) is 19.4 Å². The molecular weight excluding hydrogens is 486 g/mol. The Labute approximate surface area is 219 Å². The molecule has 0 aliphatic rings. The predicted octanol–water partition coefficient (Wildman–Crippen LogP) is 4.90. The fraction of sp³-hybridized carbons (Fsp3) is 0.172. The molecule has 188 valence electrons. The van der Waals surface area contributed by atoms with Crippen molar-refractivity contribution >= 4 is 29.1 Å². The number of benzene rings is 2. The van der Waals surface area contributed by atoms with Crippen LogP contribution in [-0.4, -0.2) is 45.9 Å². The van der Waals surface area contributed by atoms with E-state index in [1.54, 1.807) is 46.7 Å². The number of amides is 2. The first-order chi connectivity index (χ1) is 18.0. The minimum absolute atomic E-state index is 0.0677. The van der Waals surface area contributed by atoms with E-state index in [0.29, 0.717) is 41.8 Å². The molecule has 0 aliphatic heterocycles. The van der Waals surface area contributed by atoms with Gasteiger partial charge < -0.3 is 15.3 Å². The van der Waals surface area contributed by atoms with Crippen LogP contribution in [0.15, 0.2) is 90.4 Å². The van der Waals surface area contributed by atoms with E-state index in [1.165, 1.54) is 0 Å². The van der Waals surface area contributed by atoms with E-state index in [9.17, 15) is 19.5 Å². The van der Waals surface area contributed by atoms with Crippen LogP contribution in [0.3, 0.4) is 0 Å². The number of pyridine rings is 1. The minimum Gasteiger partial charge on any atom is -0.481 e. The van der Waals surface area contributed by atoms with Crippen LogP contribution in [0.25, 0.3) is 11.1 Å². The summed E-state index contributed by atoms with van der Waals surface area (Å²) < 4.78 is 0. The van der Waals surface area contributed by atoms with Crippen molar-refractivity contribution in [2.75, 3.05) is 13.1 Å². The van der Waals surface area contributed by atoms with E-state index in [0.717, 1.165) is 10.6 Å². The SMILES string of the molecule is O=C(O)CCN(CCc1ccccn1)C(=O)c1ccccc1-c1ccccc1C(=O)NCc1cccs1. The number of rotatable bonds is 11. The van der Waals surface area contributed by atoms with Gasteiger partial charge in [0.25, 0.3) is 11.8 Å². The van der Waals surface area contributed by atoms with Gasteiger partial charge in [-0.05, 0) is 46.8 Å². The van der Waals surface area contributed by atoms with E-state index < -0.39 is 5.97 Å². The molecule has 0 atom stereocenters. The second-order valence-corrected chi connectivity index (χ2v) is 9.39. The summed E-state index contributed by atoms with van der Waals surface area (Å²) in [5, 5.41) is 14.2. The van der Waals surface area contributed by atoms with Crippen molar-refractivity contribution < 1.29 is 19.5 Å². The van der Waals surface area contributed by atoms with Gasteiger partial charge in [-0.15, -0.1) is 11.3 Å². The summed E-state index contributed by atoms with van der Waals surface area (Å²) in [6.45, 7) is 0.806. The highest BCUT2D eigenvalue weighted by molar-refractivity contribution is 7.09. The number of carbonyl (C=O) groups is 3. The topological polar surface area (TPSA) is 99.6 Å². The molecule has 0 aliphatic carbocycles. The third kappa shape index (κ3) is 6.89. The maximum absolute atomic E-state index is 13.7. The molecule has 4 rings (SSSR count). The predicted molar refractivity (Wildman–Crippen MR) is 143 cm³/mol. The maximum atomic E-state index is 13.7. The highest BCUT2D eigenvalue weighted by Gasteiger charge is 2.22. The molecule has 4 aromatic rings. The molecule has 37 heavy (non-hydrogen) atoms. The fourth-order valence-corrected chi connectivity index (χ4v) is 4.65. The van der Waals surface area contributed by atoms with Gasteiger partial charge in [0, 0.05) is 47.4 Å². The van der Waals surface area contributed by atoms with Gasteiger partial charge in [0.05, 0.1) is 13.0 Å². The van der Waals surface area contributed by atoms with Crippen LogP contribution in [0, 0.1) is 0 Å². The summed E-state index contributed by atoms with van der Waals surface area (Å²) in [6.07, 6.45) is 2.02. The molecule has 0 fully saturated rings. The monoisotopic (exact) mass is 513 g/mol. The molecule has 2 aromatic heterocycles. The average Bonchev–Trinajstić information content (AvgIpc) is 3.46. The van der Waals surface area contributed by atoms with E-state index >= 15 is 0 Å². The molecule has 0 unspecified atom stereocenters. The number of carboxylic acid groups (broad SMARTS) is 1. The second kappa shape index (κ2) is 12.6. The van der Waals surface area contributed by atoms with Crippen molar-refractivity contribution in [2.24, 2.45) is 0 Å². The van der Waals surface area contributed by atoms with Gasteiger partial charge in [-0.25, -0.2) is 0 Å². The third-order valence-corrected chi connectivity index (χ3v) is 6.75. The first-order valence-corrected chi connectivity index (χ1v) is 12.8. The number of carbonyl (C=O) groups excluding carboxylic acids is 2. The smallest absolute Gasteiger partial charge is 0.305 e. The highest BCUT2D eigenvalue weighted by atomic mass is 32.1. The summed E-state index contributed by atoms with van der Waals surface area (Å²) in [6, 6.07) is 23.8. The van der Waals surface area contributed by atoms with Crippen LogP contribution >= 0.6 is 11.3 Å². The summed E-state index contributed by atoms with van der Waals surface area (Å²) in [4.78, 5) is 45.1. The molecule has 0 saturated heterocycles. The summed E-state index contributed by atoms with van der Waals surface area (Å²) in [5.41, 5.74) is 2.94. The molecule has 2 heterocycles. The average molecular weight is 514 g/mol. The highest BCUT2D eigenvalue weighted by Crippen LogP contribution is 2.28. The molecule has 0 radical (unpaired) electrons. The molecule has 0 spiro atoms. The molecule has 7 nitrogen and oxygen atoms in total. The van der Waals surface area contributed by atoms with Crippen molar-refractivity contribution in [3.05, 3.63) is 112 Å². The first kappa shape index (κ1) is 25.8. The van der Waals surface area contributed by atoms with Crippen LogP contribution in [0.5, 0.6) is 0 Å². The van der Waals surface area contributed by atoms with E-state index in [1.807, 2.05) is 60.0 Å². The van der Waals surface area contributed by atoms with Crippen molar-refractivity contribution in [3.8, 4) is 11.1 Å². The Kier molecular flexibility index (Phi) is 8.78. The van der Waals surface area contributed by atoms with Gasteiger partial charge in [0.1, 0.15) is 0 Å². The van der Waals surface area contributed by atoms with Crippen molar-refractivity contribution in [1.82, 2.24) is 15.2 Å². The quantitative estimate of drug-likeness (QED) is 0.297. The lowest BCUT2D eigenvalue weighted by atomic mass is 9.94. The Bertz CT molecular complexity index is 1360. The van der Waals surface area contributed by atoms with Crippen LogP contribution in [0.1, 0.15) is 37.7 Å². The van der Waals surface area contributed by atoms with Crippen LogP contribution in [0.4, 0.5) is 0 Å². The number of nitrogens with zero attached hydrogens (tertiary/aromatic N) is 2. The molecule has 2 N–H and O–H groups in total. The Morgan fingerprint density at radius 3 is 2.22 bits per heavy atom. The zero-order chi connectivity index (χ0) is 26.0. The second-order valence-electron chi connectivity index (χ2n) is 8.36. The lowest BCUT2D eigenvalue weighted by molar-refractivity contribution is -0.137. The molecule has 0 saturated carbocycles. The molecule has 0 bridgehead atoms. The van der Waals surface area contributed by atoms with Gasteiger partial charge >= 0.3 is 5.97 Å². The van der Waals surface area contributed by atoms with Crippen LogP contribution in [-0.2, 0) is 17.8 Å². The van der Waals surface area contributed by atoms with Crippen LogP contribution in [0.2, 0.25) is 0 Å². The summed E-state index contributed by atoms with van der Waals surface area (Å²) in [7, 11) is 0. The van der Waals surface area contributed by atoms with E-state index in [-0.39, 0.29) is 24.8 Å². The lowest BCUT2D eigenvalue weighted by Gasteiger charge is -2.24. The number of thiophene rings is 1. The molecule has 2 aromatic carbocycles. The zero-order valence-corrected chi connectivity index (χ0v) is 21.0. The third-order valence-electron chi connectivity index (χ3n) is 5.87. The lowest BCUT2D eigenvalue weighted by Crippen LogP contribution is -2.35. The number of nitrogens with one attached hydrogen (secondary N) is 1. The molecule has 2 amide bonds. The van der Waals surface area contributed by atoms with Crippen LogP contribution < -0.4 is 5.32 Å². The zero-order valence-electron chi connectivity index (χ0n) is 20.2. The Balaban J connectivity index is 1.61. The number of carboxylic acids is 1. The number of aromatic nitrogens is 1. The molecular formula is C29H27N3O4S. The summed E-state index contributed by atoms with van der Waals surface area (Å²) in [5.74, 6) is -1.50. The Morgan fingerprint density at radius 1 is 0.838 bits per heavy atom. The first-order valence-electron chi connectivity index (χ1n) is 11.9. The Morgan fingerprint density at radius 2 is 1.54 bits per heavy atom. The number of aliphatic carboxylic acids is 1. The maximum Gasteiger partial charge on any atom is 0.305 e. The summed E-state index contributed by atoms with van der Waals surface area (Å²) >= 11 is 1.57.